The lowest BCUT2D eigenvalue weighted by Gasteiger charge is -2.21. The largest absolute Gasteiger partial charge is 0.322 e. The lowest BCUT2D eigenvalue weighted by molar-refractivity contribution is -0.116. The molecule has 1 aromatic heterocycles. The van der Waals surface area contributed by atoms with E-state index in [9.17, 15) is 18.4 Å². The van der Waals surface area contributed by atoms with E-state index in [2.05, 4.69) is 15.7 Å². The van der Waals surface area contributed by atoms with E-state index >= 15 is 0 Å². The Hall–Kier alpha value is -3.75. The van der Waals surface area contributed by atoms with E-state index in [0.29, 0.717) is 5.82 Å². The Bertz CT molecular complexity index is 1140. The van der Waals surface area contributed by atoms with Crippen LogP contribution >= 0.6 is 0 Å². The van der Waals surface area contributed by atoms with Crippen molar-refractivity contribution in [3.63, 3.8) is 0 Å². The van der Waals surface area contributed by atoms with Crippen LogP contribution in [0.15, 0.2) is 54.6 Å². The normalized spacial score (nSPS) is 11.2. The molecule has 3 rings (SSSR count). The molecule has 1 heterocycles. The van der Waals surface area contributed by atoms with Gasteiger partial charge in [0.2, 0.25) is 5.91 Å². The van der Waals surface area contributed by atoms with Gasteiger partial charge >= 0.3 is 6.03 Å². The summed E-state index contributed by atoms with van der Waals surface area (Å²) in [7, 11) is 0. The van der Waals surface area contributed by atoms with E-state index in [4.69, 9.17) is 0 Å². The van der Waals surface area contributed by atoms with Crippen LogP contribution in [0.5, 0.6) is 0 Å². The maximum Gasteiger partial charge on any atom is 0.322 e. The molecule has 0 atom stereocenters. The molecule has 0 aliphatic heterocycles. The molecule has 33 heavy (non-hydrogen) atoms. The summed E-state index contributed by atoms with van der Waals surface area (Å²) in [5.41, 5.74) is 1.44. The lowest BCUT2D eigenvalue weighted by atomic mass is 9.92. The molecule has 0 saturated carbocycles. The highest BCUT2D eigenvalue weighted by atomic mass is 19.2. The van der Waals surface area contributed by atoms with Gasteiger partial charge in [0.1, 0.15) is 12.4 Å². The first-order valence-electron chi connectivity index (χ1n) is 10.5. The minimum atomic E-state index is -1.07. The van der Waals surface area contributed by atoms with Gasteiger partial charge in [-0.2, -0.15) is 5.10 Å². The molecule has 2 N–H and O–H groups in total. The molecule has 0 bridgehead atoms. The third-order valence-electron chi connectivity index (χ3n) is 4.92. The SMILES string of the molecule is CCN(CC(=O)Nc1cc(C(C)(C)C)nn1-c1ccccc1)C(=O)Nc1ccc(F)c(F)c1. The van der Waals surface area contributed by atoms with Gasteiger partial charge in [-0.15, -0.1) is 0 Å². The molecule has 174 valence electrons. The zero-order valence-electron chi connectivity index (χ0n) is 19.0. The fraction of sp³-hybridized carbons (Fsp3) is 0.292. The van der Waals surface area contributed by atoms with E-state index in [1.54, 1.807) is 11.6 Å². The van der Waals surface area contributed by atoms with Crippen molar-refractivity contribution >= 4 is 23.4 Å². The fourth-order valence-corrected chi connectivity index (χ4v) is 3.06. The molecule has 0 unspecified atom stereocenters. The van der Waals surface area contributed by atoms with Crippen LogP contribution in [-0.4, -0.2) is 39.7 Å². The van der Waals surface area contributed by atoms with Gasteiger partial charge in [0.05, 0.1) is 11.4 Å². The Morgan fingerprint density at radius 2 is 1.70 bits per heavy atom. The number of anilines is 2. The van der Waals surface area contributed by atoms with Crippen molar-refractivity contribution in [3.8, 4) is 5.69 Å². The third-order valence-corrected chi connectivity index (χ3v) is 4.92. The monoisotopic (exact) mass is 455 g/mol. The third kappa shape index (κ3) is 5.94. The van der Waals surface area contributed by atoms with Crippen LogP contribution in [0.1, 0.15) is 33.4 Å². The lowest BCUT2D eigenvalue weighted by Crippen LogP contribution is -2.40. The van der Waals surface area contributed by atoms with Gasteiger partial charge in [-0.25, -0.2) is 18.3 Å². The molecule has 0 fully saturated rings. The zero-order valence-corrected chi connectivity index (χ0v) is 19.0. The number of carbonyl (C=O) groups is 2. The number of hydrogen-bond donors (Lipinski definition) is 2. The average molecular weight is 456 g/mol. The molecule has 0 aliphatic carbocycles. The Kier molecular flexibility index (Phi) is 7.10. The van der Waals surface area contributed by atoms with Crippen LogP contribution in [0.2, 0.25) is 0 Å². The molecule has 0 radical (unpaired) electrons. The minimum Gasteiger partial charge on any atom is -0.315 e. The predicted octanol–water partition coefficient (Wildman–Crippen LogP) is 4.94. The van der Waals surface area contributed by atoms with E-state index in [0.717, 1.165) is 23.5 Å². The number of para-hydroxylation sites is 1. The Morgan fingerprint density at radius 3 is 2.30 bits per heavy atom. The summed E-state index contributed by atoms with van der Waals surface area (Å²) in [6, 6.07) is 13.7. The van der Waals surface area contributed by atoms with Crippen molar-refractivity contribution in [2.45, 2.75) is 33.1 Å². The molecule has 0 aliphatic rings. The first-order chi connectivity index (χ1) is 15.6. The summed E-state index contributed by atoms with van der Waals surface area (Å²) in [6.45, 7) is 7.78. The van der Waals surface area contributed by atoms with Gasteiger partial charge in [0.25, 0.3) is 0 Å². The van der Waals surface area contributed by atoms with Crippen molar-refractivity contribution in [2.75, 3.05) is 23.7 Å². The number of nitrogens with zero attached hydrogens (tertiary/aromatic N) is 3. The highest BCUT2D eigenvalue weighted by molar-refractivity contribution is 5.96. The van der Waals surface area contributed by atoms with Crippen LogP contribution < -0.4 is 10.6 Å². The number of benzene rings is 2. The topological polar surface area (TPSA) is 79.3 Å². The fourth-order valence-electron chi connectivity index (χ4n) is 3.06. The van der Waals surface area contributed by atoms with E-state index in [1.807, 2.05) is 57.2 Å². The average Bonchev–Trinajstić information content (AvgIpc) is 3.19. The molecule has 9 heteroatoms. The van der Waals surface area contributed by atoms with Crippen LogP contribution in [0.25, 0.3) is 5.69 Å². The van der Waals surface area contributed by atoms with Crippen molar-refractivity contribution in [1.82, 2.24) is 14.7 Å². The van der Waals surface area contributed by atoms with Crippen molar-refractivity contribution in [3.05, 3.63) is 71.9 Å². The number of carbonyl (C=O) groups excluding carboxylic acids is 2. The van der Waals surface area contributed by atoms with Crippen LogP contribution in [0.3, 0.4) is 0 Å². The molecule has 3 aromatic rings. The van der Waals surface area contributed by atoms with Gasteiger partial charge in [0, 0.05) is 29.8 Å². The summed E-state index contributed by atoms with van der Waals surface area (Å²) in [5.74, 6) is -2.02. The Morgan fingerprint density at radius 1 is 1.00 bits per heavy atom. The number of halogens is 2. The molecule has 0 saturated heterocycles. The van der Waals surface area contributed by atoms with Gasteiger partial charge in [-0.3, -0.25) is 4.79 Å². The van der Waals surface area contributed by atoms with E-state index < -0.39 is 23.6 Å². The quantitative estimate of drug-likeness (QED) is 0.553. The maximum absolute atomic E-state index is 13.4. The number of amides is 3. The standard InChI is InChI=1S/C24H27F2N5O2/c1-5-30(23(33)27-16-11-12-18(25)19(26)13-16)15-22(32)28-21-14-20(24(2,3)4)29-31(21)17-9-7-6-8-10-17/h6-14H,5,15H2,1-4H3,(H,27,33)(H,28,32). The van der Waals surface area contributed by atoms with Crippen molar-refractivity contribution in [2.24, 2.45) is 0 Å². The van der Waals surface area contributed by atoms with Crippen LogP contribution in [-0.2, 0) is 10.2 Å². The number of nitrogens with one attached hydrogen (secondary N) is 2. The summed E-state index contributed by atoms with van der Waals surface area (Å²) in [6.07, 6.45) is 0. The summed E-state index contributed by atoms with van der Waals surface area (Å²) in [4.78, 5) is 26.6. The number of hydrogen-bond acceptors (Lipinski definition) is 3. The molecule has 2 aromatic carbocycles. The summed E-state index contributed by atoms with van der Waals surface area (Å²) < 4.78 is 28.2. The summed E-state index contributed by atoms with van der Waals surface area (Å²) in [5, 5.41) is 9.96. The first-order valence-corrected chi connectivity index (χ1v) is 10.5. The number of aromatic nitrogens is 2. The van der Waals surface area contributed by atoms with Crippen molar-refractivity contribution < 1.29 is 18.4 Å². The van der Waals surface area contributed by atoms with E-state index in [1.165, 1.54) is 11.0 Å². The maximum atomic E-state index is 13.4. The number of likely N-dealkylation sites (N-methyl/N-ethyl adjacent to an activating group) is 1. The Balaban J connectivity index is 1.75. The van der Waals surface area contributed by atoms with Gasteiger partial charge in [-0.05, 0) is 31.2 Å². The predicted molar refractivity (Wildman–Crippen MR) is 124 cm³/mol. The number of urea groups is 1. The minimum absolute atomic E-state index is 0.0923. The second-order valence-electron chi connectivity index (χ2n) is 8.53. The van der Waals surface area contributed by atoms with Crippen molar-refractivity contribution in [1.29, 1.82) is 0 Å². The van der Waals surface area contributed by atoms with Crippen LogP contribution in [0, 0.1) is 11.6 Å². The molecule has 7 nitrogen and oxygen atoms in total. The Labute approximate surface area is 191 Å². The smallest absolute Gasteiger partial charge is 0.315 e. The van der Waals surface area contributed by atoms with Gasteiger partial charge in [-0.1, -0.05) is 39.0 Å². The molecular weight excluding hydrogens is 428 g/mol. The van der Waals surface area contributed by atoms with E-state index in [-0.39, 0.29) is 24.2 Å². The highest BCUT2D eigenvalue weighted by Gasteiger charge is 2.23. The first kappa shape index (κ1) is 23.9. The van der Waals surface area contributed by atoms with Gasteiger partial charge < -0.3 is 15.5 Å². The zero-order chi connectivity index (χ0) is 24.2. The number of rotatable bonds is 6. The molecule has 3 amide bonds. The second-order valence-corrected chi connectivity index (χ2v) is 8.53. The summed E-state index contributed by atoms with van der Waals surface area (Å²) >= 11 is 0. The molecule has 0 spiro atoms. The molecular formula is C24H27F2N5O2. The van der Waals surface area contributed by atoms with Gasteiger partial charge in [0.15, 0.2) is 11.6 Å². The second kappa shape index (κ2) is 9.81. The highest BCUT2D eigenvalue weighted by Crippen LogP contribution is 2.26. The van der Waals surface area contributed by atoms with Crippen LogP contribution in [0.4, 0.5) is 25.1 Å².